The fourth-order valence-corrected chi connectivity index (χ4v) is 2.52. The van der Waals surface area contributed by atoms with Crippen LogP contribution in [0.15, 0.2) is 10.9 Å². The highest BCUT2D eigenvalue weighted by molar-refractivity contribution is 14.1. The fraction of sp³-hybridized carbons (Fsp3) is 0.455. The first-order valence-corrected chi connectivity index (χ1v) is 6.34. The Morgan fingerprint density at radius 3 is 2.94 bits per heavy atom. The summed E-state index contributed by atoms with van der Waals surface area (Å²) < 4.78 is 5.56. The largest absolute Gasteiger partial charge is 0.460 e. The summed E-state index contributed by atoms with van der Waals surface area (Å²) in [5, 5.41) is 10.5. The van der Waals surface area contributed by atoms with Crippen LogP contribution in [-0.4, -0.2) is 16.1 Å². The summed E-state index contributed by atoms with van der Waals surface area (Å²) in [4.78, 5) is 25.8. The predicted molar refractivity (Wildman–Crippen MR) is 68.4 cm³/mol. The number of nitrogens with one attached hydrogen (secondary N) is 1. The summed E-state index contributed by atoms with van der Waals surface area (Å²) in [5.41, 5.74) is -0.787. The highest BCUT2D eigenvalue weighted by Crippen LogP contribution is 2.33. The normalized spacial score (nSPS) is 23.8. The van der Waals surface area contributed by atoms with E-state index in [-0.39, 0.29) is 18.6 Å². The number of rotatable bonds is 1. The number of ether oxygens (including phenoxy) is 1. The Bertz CT molecular complexity index is 525. The summed E-state index contributed by atoms with van der Waals surface area (Å²) in [6.45, 7) is 1.69. The third-order valence-corrected chi connectivity index (χ3v) is 3.58. The number of cyclic esters (lactones) is 1. The van der Waals surface area contributed by atoms with Crippen LogP contribution in [0.1, 0.15) is 30.9 Å². The quantitative estimate of drug-likeness (QED) is 0.451. The third kappa shape index (κ3) is 2.23. The molecule has 0 radical (unpaired) electrons. The zero-order valence-corrected chi connectivity index (χ0v) is 11.4. The number of esters is 1. The number of aliphatic hydroxyl groups is 1. The molecular formula is C11H12INO4. The number of carbonyl (C=O) groups is 1. The molecule has 0 bridgehead atoms. The molecule has 0 aliphatic carbocycles. The van der Waals surface area contributed by atoms with Gasteiger partial charge >= 0.3 is 5.97 Å². The van der Waals surface area contributed by atoms with E-state index in [0.29, 0.717) is 21.2 Å². The molecule has 0 saturated heterocycles. The van der Waals surface area contributed by atoms with E-state index in [1.54, 1.807) is 13.0 Å². The predicted octanol–water partition coefficient (Wildman–Crippen LogP) is 1.02. The maximum Gasteiger partial charge on any atom is 0.309 e. The lowest BCUT2D eigenvalue weighted by molar-refractivity contribution is -0.149. The van der Waals surface area contributed by atoms with Crippen molar-refractivity contribution < 1.29 is 14.6 Å². The van der Waals surface area contributed by atoms with Gasteiger partial charge in [-0.1, -0.05) is 6.92 Å². The average Bonchev–Trinajstić information content (AvgIpc) is 2.38. The summed E-state index contributed by atoms with van der Waals surface area (Å²) in [6, 6.07) is 1.70. The van der Waals surface area contributed by atoms with E-state index < -0.39 is 11.6 Å². The minimum atomic E-state index is -1.31. The van der Waals surface area contributed by atoms with E-state index in [2.05, 4.69) is 4.98 Å². The van der Waals surface area contributed by atoms with Gasteiger partial charge in [0.15, 0.2) is 0 Å². The number of halogens is 1. The van der Waals surface area contributed by atoms with Crippen LogP contribution in [0.5, 0.6) is 0 Å². The molecule has 0 fully saturated rings. The number of fused-ring (bicyclic) bond motifs is 1. The molecule has 1 unspecified atom stereocenters. The van der Waals surface area contributed by atoms with Gasteiger partial charge in [-0.05, 0) is 40.6 Å². The molecule has 92 valence electrons. The second-order valence-electron chi connectivity index (χ2n) is 4.06. The van der Waals surface area contributed by atoms with Crippen LogP contribution in [0.25, 0.3) is 0 Å². The first-order chi connectivity index (χ1) is 7.96. The van der Waals surface area contributed by atoms with Crippen molar-refractivity contribution >= 4 is 28.6 Å². The van der Waals surface area contributed by atoms with Crippen molar-refractivity contribution in [2.75, 3.05) is 0 Å². The van der Waals surface area contributed by atoms with Gasteiger partial charge in [-0.15, -0.1) is 0 Å². The van der Waals surface area contributed by atoms with Crippen LogP contribution in [0.4, 0.5) is 0 Å². The Hall–Kier alpha value is -0.890. The molecule has 6 heteroatoms. The number of hydrogen-bond donors (Lipinski definition) is 2. The number of H-pyrrole nitrogens is 1. The zero-order chi connectivity index (χ0) is 12.6. The molecule has 2 rings (SSSR count). The van der Waals surface area contributed by atoms with Crippen LogP contribution in [-0.2, 0) is 21.7 Å². The van der Waals surface area contributed by atoms with Gasteiger partial charge in [0.1, 0.15) is 12.2 Å². The molecular weight excluding hydrogens is 337 g/mol. The van der Waals surface area contributed by atoms with E-state index in [1.165, 1.54) is 0 Å². The van der Waals surface area contributed by atoms with Crippen LogP contribution < -0.4 is 5.56 Å². The molecule has 1 aromatic rings. The van der Waals surface area contributed by atoms with Gasteiger partial charge in [0, 0.05) is 0 Å². The van der Waals surface area contributed by atoms with Gasteiger partial charge < -0.3 is 14.8 Å². The van der Waals surface area contributed by atoms with Gasteiger partial charge in [0.25, 0.3) is 5.56 Å². The molecule has 5 nitrogen and oxygen atoms in total. The van der Waals surface area contributed by atoms with E-state index in [0.717, 1.165) is 0 Å². The molecule has 2 heterocycles. The standard InChI is InChI=1S/C11H12INO4/c1-2-11(16)4-9(14)17-5-6-7(11)3-8(12)13-10(6)15/h3,16H,2,4-5H2,1H3,(H,13,15). The Morgan fingerprint density at radius 2 is 2.29 bits per heavy atom. The Kier molecular flexibility index (Phi) is 3.26. The fourth-order valence-electron chi connectivity index (χ4n) is 1.97. The van der Waals surface area contributed by atoms with Gasteiger partial charge in [-0.25, -0.2) is 0 Å². The summed E-state index contributed by atoms with van der Waals surface area (Å²) in [7, 11) is 0. The maximum absolute atomic E-state index is 11.8. The summed E-state index contributed by atoms with van der Waals surface area (Å²) in [6.07, 6.45) is 0.241. The average molecular weight is 349 g/mol. The number of aromatic nitrogens is 1. The molecule has 1 aromatic heterocycles. The minimum Gasteiger partial charge on any atom is -0.460 e. The smallest absolute Gasteiger partial charge is 0.309 e. The van der Waals surface area contributed by atoms with Gasteiger partial charge in [-0.2, -0.15) is 0 Å². The second-order valence-corrected chi connectivity index (χ2v) is 5.22. The molecule has 2 N–H and O–H groups in total. The number of hydrogen-bond acceptors (Lipinski definition) is 4. The Morgan fingerprint density at radius 1 is 1.59 bits per heavy atom. The SMILES string of the molecule is CCC1(O)CC(=O)OCc2c1cc(I)[nH]c2=O. The van der Waals surface area contributed by atoms with Crippen molar-refractivity contribution in [2.24, 2.45) is 0 Å². The highest BCUT2D eigenvalue weighted by Gasteiger charge is 2.37. The van der Waals surface area contributed by atoms with Gasteiger partial charge in [-0.3, -0.25) is 9.59 Å². The van der Waals surface area contributed by atoms with Crippen LogP contribution in [0, 0.1) is 3.70 Å². The first-order valence-electron chi connectivity index (χ1n) is 5.26. The van der Waals surface area contributed by atoms with Crippen LogP contribution in [0.3, 0.4) is 0 Å². The van der Waals surface area contributed by atoms with E-state index >= 15 is 0 Å². The van der Waals surface area contributed by atoms with Crippen molar-refractivity contribution in [2.45, 2.75) is 32.0 Å². The number of carbonyl (C=O) groups excluding carboxylic acids is 1. The molecule has 0 spiro atoms. The molecule has 1 aliphatic heterocycles. The van der Waals surface area contributed by atoms with E-state index in [9.17, 15) is 14.7 Å². The first kappa shape index (κ1) is 12.6. The van der Waals surface area contributed by atoms with E-state index in [1.807, 2.05) is 22.6 Å². The lowest BCUT2D eigenvalue weighted by Crippen LogP contribution is -2.30. The molecule has 0 amide bonds. The summed E-state index contributed by atoms with van der Waals surface area (Å²) >= 11 is 1.97. The van der Waals surface area contributed by atoms with Crippen molar-refractivity contribution in [3.63, 3.8) is 0 Å². The number of aromatic amines is 1. The van der Waals surface area contributed by atoms with E-state index in [4.69, 9.17) is 4.74 Å². The van der Waals surface area contributed by atoms with Crippen molar-refractivity contribution in [3.05, 3.63) is 31.2 Å². The van der Waals surface area contributed by atoms with Crippen molar-refractivity contribution in [1.29, 1.82) is 0 Å². The lowest BCUT2D eigenvalue weighted by atomic mass is 9.86. The Labute approximate surface area is 111 Å². The van der Waals surface area contributed by atoms with Crippen molar-refractivity contribution in [3.8, 4) is 0 Å². The molecule has 0 aromatic carbocycles. The zero-order valence-electron chi connectivity index (χ0n) is 9.25. The van der Waals surface area contributed by atoms with Gasteiger partial charge in [0.05, 0.1) is 15.7 Å². The van der Waals surface area contributed by atoms with Crippen LogP contribution >= 0.6 is 22.6 Å². The highest BCUT2D eigenvalue weighted by atomic mass is 127. The molecule has 1 atom stereocenters. The monoisotopic (exact) mass is 349 g/mol. The molecule has 0 saturated carbocycles. The van der Waals surface area contributed by atoms with Crippen LogP contribution in [0.2, 0.25) is 0 Å². The lowest BCUT2D eigenvalue weighted by Gasteiger charge is -2.25. The summed E-state index contributed by atoms with van der Waals surface area (Å²) in [5.74, 6) is -0.486. The third-order valence-electron chi connectivity index (χ3n) is 3.00. The topological polar surface area (TPSA) is 79.4 Å². The minimum absolute atomic E-state index is 0.0806. The maximum atomic E-state index is 11.8. The second kappa shape index (κ2) is 4.41. The van der Waals surface area contributed by atoms with Crippen molar-refractivity contribution in [1.82, 2.24) is 4.98 Å². The van der Waals surface area contributed by atoms with Gasteiger partial charge in [0.2, 0.25) is 0 Å². The molecule has 1 aliphatic rings. The molecule has 17 heavy (non-hydrogen) atoms. The Balaban J connectivity index is 2.68. The number of pyridine rings is 1.